The van der Waals surface area contributed by atoms with Crippen molar-refractivity contribution < 1.29 is 9.59 Å². The van der Waals surface area contributed by atoms with Crippen LogP contribution < -0.4 is 5.32 Å². The van der Waals surface area contributed by atoms with Gasteiger partial charge in [-0.3, -0.25) is 19.9 Å². The van der Waals surface area contributed by atoms with Crippen LogP contribution >= 0.6 is 31.9 Å². The average Bonchev–Trinajstić information content (AvgIpc) is 2.32. The molecule has 2 rings (SSSR count). The van der Waals surface area contributed by atoms with Crippen LogP contribution in [0.1, 0.15) is 38.3 Å². The molecule has 0 bridgehead atoms. The number of piperidine rings is 1. The third-order valence-corrected chi connectivity index (χ3v) is 4.47. The van der Waals surface area contributed by atoms with E-state index in [2.05, 4.69) is 56.0 Å². The van der Waals surface area contributed by atoms with Gasteiger partial charge in [0.25, 0.3) is 0 Å². The Hall–Kier alpha value is -0.750. The smallest absolute Gasteiger partial charge is 0.230 e. The van der Waals surface area contributed by atoms with Gasteiger partial charge in [-0.15, -0.1) is 0 Å². The summed E-state index contributed by atoms with van der Waals surface area (Å²) in [5, 5.41) is 2.44. The van der Waals surface area contributed by atoms with Gasteiger partial charge in [0.05, 0.1) is 5.69 Å². The van der Waals surface area contributed by atoms with Crippen LogP contribution in [0.4, 0.5) is 0 Å². The second-order valence-electron chi connectivity index (χ2n) is 5.48. The Kier molecular flexibility index (Phi) is 4.96. The van der Waals surface area contributed by atoms with Crippen LogP contribution in [-0.2, 0) is 9.59 Å². The molecule has 1 aromatic rings. The van der Waals surface area contributed by atoms with Crippen molar-refractivity contribution in [3.8, 4) is 0 Å². The van der Waals surface area contributed by atoms with Crippen LogP contribution in [0.15, 0.2) is 21.2 Å². The third kappa shape index (κ3) is 3.47. The van der Waals surface area contributed by atoms with Gasteiger partial charge in [-0.2, -0.15) is 0 Å². The summed E-state index contributed by atoms with van der Waals surface area (Å²) >= 11 is 6.84. The maximum atomic E-state index is 12.1. The molecule has 0 aliphatic carbocycles. The lowest BCUT2D eigenvalue weighted by molar-refractivity contribution is -0.137. The van der Waals surface area contributed by atoms with Crippen molar-refractivity contribution in [2.45, 2.75) is 32.6 Å². The first-order chi connectivity index (χ1) is 9.38. The second-order valence-corrected chi connectivity index (χ2v) is 7.25. The highest BCUT2D eigenvalue weighted by molar-refractivity contribution is 9.11. The van der Waals surface area contributed by atoms with Crippen LogP contribution in [0.25, 0.3) is 0 Å². The zero-order valence-electron chi connectivity index (χ0n) is 11.3. The molecule has 1 fully saturated rings. The Balaban J connectivity index is 2.37. The zero-order chi connectivity index (χ0) is 14.9. The minimum atomic E-state index is -0.225. The van der Waals surface area contributed by atoms with Gasteiger partial charge in [0, 0.05) is 33.4 Å². The number of hydrogen-bond acceptors (Lipinski definition) is 3. The number of rotatable bonds is 3. The lowest BCUT2D eigenvalue weighted by Gasteiger charge is -2.31. The predicted octanol–water partition coefficient (Wildman–Crippen LogP) is 3.40. The third-order valence-electron chi connectivity index (χ3n) is 3.40. The summed E-state index contributed by atoms with van der Waals surface area (Å²) in [4.78, 5) is 28.2. The molecular formula is C14H16Br2N2O2. The highest BCUT2D eigenvalue weighted by Gasteiger charge is 2.38. The summed E-state index contributed by atoms with van der Waals surface area (Å²) < 4.78 is 1.69. The van der Waals surface area contributed by atoms with E-state index in [-0.39, 0.29) is 23.7 Å². The lowest BCUT2D eigenvalue weighted by Crippen LogP contribution is -2.45. The van der Waals surface area contributed by atoms with E-state index < -0.39 is 0 Å². The number of carbonyl (C=O) groups excluding carboxylic acids is 2. The SMILES string of the molecule is CC(C)CC1C(=O)NC(=O)CC1c1ncc(Br)cc1Br. The molecule has 6 heteroatoms. The van der Waals surface area contributed by atoms with Crippen molar-refractivity contribution in [1.29, 1.82) is 0 Å². The standard InChI is InChI=1S/C14H16Br2N2O2/c1-7(2)3-10-9(5-12(19)18-14(10)20)13-11(16)4-8(15)6-17-13/h4,6-7,9-10H,3,5H2,1-2H3,(H,18,19,20). The van der Waals surface area contributed by atoms with E-state index in [0.29, 0.717) is 12.3 Å². The molecule has 1 aliphatic heterocycles. The molecule has 0 aromatic carbocycles. The number of carbonyl (C=O) groups is 2. The Labute approximate surface area is 135 Å². The van der Waals surface area contributed by atoms with E-state index in [1.807, 2.05) is 6.07 Å². The van der Waals surface area contributed by atoms with Crippen molar-refractivity contribution >= 4 is 43.7 Å². The van der Waals surface area contributed by atoms with Crippen LogP contribution in [0, 0.1) is 11.8 Å². The lowest BCUT2D eigenvalue weighted by atomic mass is 9.78. The number of halogens is 2. The van der Waals surface area contributed by atoms with E-state index in [4.69, 9.17) is 0 Å². The monoisotopic (exact) mass is 402 g/mol. The zero-order valence-corrected chi connectivity index (χ0v) is 14.5. The maximum Gasteiger partial charge on any atom is 0.230 e. The molecule has 2 unspecified atom stereocenters. The molecule has 1 aliphatic rings. The van der Waals surface area contributed by atoms with Crippen molar-refractivity contribution in [3.05, 3.63) is 26.9 Å². The molecular weight excluding hydrogens is 388 g/mol. The summed E-state index contributed by atoms with van der Waals surface area (Å²) in [6, 6.07) is 1.89. The first kappa shape index (κ1) is 15.6. The van der Waals surface area contributed by atoms with E-state index >= 15 is 0 Å². The molecule has 1 saturated heterocycles. The largest absolute Gasteiger partial charge is 0.296 e. The van der Waals surface area contributed by atoms with E-state index in [1.54, 1.807) is 6.20 Å². The van der Waals surface area contributed by atoms with Crippen molar-refractivity contribution in [2.24, 2.45) is 11.8 Å². The minimum absolute atomic E-state index is 0.166. The molecule has 2 heterocycles. The number of nitrogens with one attached hydrogen (secondary N) is 1. The summed E-state index contributed by atoms with van der Waals surface area (Å²) in [5.41, 5.74) is 0.780. The van der Waals surface area contributed by atoms with Gasteiger partial charge in [0.1, 0.15) is 0 Å². The van der Waals surface area contributed by atoms with Crippen molar-refractivity contribution in [2.75, 3.05) is 0 Å². The average molecular weight is 404 g/mol. The van der Waals surface area contributed by atoms with Gasteiger partial charge >= 0.3 is 0 Å². The van der Waals surface area contributed by atoms with Gasteiger partial charge in [0.15, 0.2) is 0 Å². The quantitative estimate of drug-likeness (QED) is 0.786. The highest BCUT2D eigenvalue weighted by Crippen LogP contribution is 2.38. The predicted molar refractivity (Wildman–Crippen MR) is 83.1 cm³/mol. The number of pyridine rings is 1. The van der Waals surface area contributed by atoms with Crippen LogP contribution in [0.2, 0.25) is 0 Å². The molecule has 0 radical (unpaired) electrons. The number of hydrogen-bond donors (Lipinski definition) is 1. The minimum Gasteiger partial charge on any atom is -0.296 e. The van der Waals surface area contributed by atoms with Crippen molar-refractivity contribution in [3.63, 3.8) is 0 Å². The van der Waals surface area contributed by atoms with E-state index in [1.165, 1.54) is 0 Å². The first-order valence-corrected chi connectivity index (χ1v) is 8.11. The summed E-state index contributed by atoms with van der Waals surface area (Å²) in [7, 11) is 0. The maximum absolute atomic E-state index is 12.1. The van der Waals surface area contributed by atoms with Gasteiger partial charge in [0.2, 0.25) is 11.8 Å². The van der Waals surface area contributed by atoms with E-state index in [9.17, 15) is 9.59 Å². The van der Waals surface area contributed by atoms with Crippen molar-refractivity contribution in [1.82, 2.24) is 10.3 Å². The Morgan fingerprint density at radius 2 is 2.10 bits per heavy atom. The summed E-state index contributed by atoms with van der Waals surface area (Å²) in [5.74, 6) is -0.400. The summed E-state index contributed by atoms with van der Waals surface area (Å²) in [6.07, 6.45) is 2.74. The normalized spacial score (nSPS) is 23.1. The molecule has 2 atom stereocenters. The second kappa shape index (κ2) is 6.35. The fraction of sp³-hybridized carbons (Fsp3) is 0.500. The van der Waals surface area contributed by atoms with Crippen LogP contribution in [-0.4, -0.2) is 16.8 Å². The van der Waals surface area contributed by atoms with Crippen LogP contribution in [0.5, 0.6) is 0 Å². The summed E-state index contributed by atoms with van der Waals surface area (Å²) in [6.45, 7) is 4.15. The Morgan fingerprint density at radius 3 is 2.70 bits per heavy atom. The van der Waals surface area contributed by atoms with Gasteiger partial charge < -0.3 is 0 Å². The fourth-order valence-electron chi connectivity index (χ4n) is 2.57. The van der Waals surface area contributed by atoms with Gasteiger partial charge in [-0.1, -0.05) is 13.8 Å². The Bertz CT molecular complexity index is 546. The van der Waals surface area contributed by atoms with E-state index in [0.717, 1.165) is 21.1 Å². The number of imide groups is 1. The molecule has 108 valence electrons. The molecule has 1 aromatic heterocycles. The van der Waals surface area contributed by atoms with Gasteiger partial charge in [-0.25, -0.2) is 0 Å². The number of amides is 2. The molecule has 1 N–H and O–H groups in total. The highest BCUT2D eigenvalue weighted by atomic mass is 79.9. The molecule has 20 heavy (non-hydrogen) atoms. The molecule has 0 saturated carbocycles. The molecule has 0 spiro atoms. The van der Waals surface area contributed by atoms with Crippen LogP contribution in [0.3, 0.4) is 0 Å². The number of aromatic nitrogens is 1. The topological polar surface area (TPSA) is 59.1 Å². The Morgan fingerprint density at radius 1 is 1.40 bits per heavy atom. The molecule has 2 amide bonds. The fourth-order valence-corrected chi connectivity index (χ4v) is 3.85. The molecule has 4 nitrogen and oxygen atoms in total. The first-order valence-electron chi connectivity index (χ1n) is 6.53. The van der Waals surface area contributed by atoms with Gasteiger partial charge in [-0.05, 0) is 50.3 Å². The number of nitrogens with zero attached hydrogens (tertiary/aromatic N) is 1.